The number of carbonyl (C=O) groups is 1. The van der Waals surface area contributed by atoms with Gasteiger partial charge >= 0.3 is 0 Å². The van der Waals surface area contributed by atoms with Crippen LogP contribution in [0.4, 0.5) is 0 Å². The summed E-state index contributed by atoms with van der Waals surface area (Å²) in [7, 11) is 0. The lowest BCUT2D eigenvalue weighted by Crippen LogP contribution is -2.28. The standard InChI is InChI=1S/C10H13ClN2O2/c1-4-13-10(15)7(9(11)14)5-8(12-13)6(2)3/h5-6H,4H2,1-3H3. The fourth-order valence-corrected chi connectivity index (χ4v) is 1.33. The van der Waals surface area contributed by atoms with Gasteiger partial charge < -0.3 is 0 Å². The van der Waals surface area contributed by atoms with E-state index in [1.165, 1.54) is 10.7 Å². The molecule has 4 nitrogen and oxygen atoms in total. The zero-order valence-corrected chi connectivity index (χ0v) is 9.71. The van der Waals surface area contributed by atoms with E-state index < -0.39 is 10.8 Å². The molecule has 0 aromatic carbocycles. The molecule has 15 heavy (non-hydrogen) atoms. The van der Waals surface area contributed by atoms with Crippen molar-refractivity contribution in [2.45, 2.75) is 33.2 Å². The van der Waals surface area contributed by atoms with Crippen LogP contribution in [-0.2, 0) is 6.54 Å². The Bertz CT molecular complexity index is 438. The zero-order chi connectivity index (χ0) is 11.6. The van der Waals surface area contributed by atoms with Crippen LogP contribution in [0.25, 0.3) is 0 Å². The molecule has 0 radical (unpaired) electrons. The van der Waals surface area contributed by atoms with Crippen LogP contribution < -0.4 is 5.56 Å². The molecule has 0 unspecified atom stereocenters. The minimum atomic E-state index is -0.730. The number of aryl methyl sites for hydroxylation is 1. The van der Waals surface area contributed by atoms with Gasteiger partial charge in [0.25, 0.3) is 10.8 Å². The van der Waals surface area contributed by atoms with E-state index in [0.29, 0.717) is 12.2 Å². The summed E-state index contributed by atoms with van der Waals surface area (Å²) >= 11 is 5.33. The fraction of sp³-hybridized carbons (Fsp3) is 0.500. The number of halogens is 1. The molecule has 0 saturated heterocycles. The van der Waals surface area contributed by atoms with E-state index in [4.69, 9.17) is 11.6 Å². The summed E-state index contributed by atoms with van der Waals surface area (Å²) in [5.74, 6) is 0.151. The molecule has 5 heteroatoms. The number of aromatic nitrogens is 2. The first-order chi connectivity index (χ1) is 6.97. The molecule has 0 spiro atoms. The molecule has 0 fully saturated rings. The van der Waals surface area contributed by atoms with Crippen molar-refractivity contribution >= 4 is 16.8 Å². The average molecular weight is 229 g/mol. The highest BCUT2D eigenvalue weighted by Crippen LogP contribution is 2.11. The largest absolute Gasteiger partial charge is 0.278 e. The molecule has 0 aliphatic rings. The number of carbonyl (C=O) groups excluding carboxylic acids is 1. The van der Waals surface area contributed by atoms with Gasteiger partial charge in [0.05, 0.1) is 5.69 Å². The summed E-state index contributed by atoms with van der Waals surface area (Å²) in [5.41, 5.74) is 0.263. The smallest absolute Gasteiger partial charge is 0.275 e. The maximum atomic E-state index is 11.6. The van der Waals surface area contributed by atoms with Crippen LogP contribution in [0.3, 0.4) is 0 Å². The lowest BCUT2D eigenvalue weighted by Gasteiger charge is -2.09. The highest BCUT2D eigenvalue weighted by molar-refractivity contribution is 6.67. The third-order valence-electron chi connectivity index (χ3n) is 2.10. The van der Waals surface area contributed by atoms with Crippen molar-refractivity contribution in [1.82, 2.24) is 9.78 Å². The summed E-state index contributed by atoms with van der Waals surface area (Å²) in [5, 5.41) is 3.40. The predicted molar refractivity (Wildman–Crippen MR) is 58.4 cm³/mol. The van der Waals surface area contributed by atoms with Gasteiger partial charge in [0.2, 0.25) is 0 Å². The Morgan fingerprint density at radius 2 is 2.20 bits per heavy atom. The Morgan fingerprint density at radius 3 is 2.60 bits per heavy atom. The van der Waals surface area contributed by atoms with Crippen LogP contribution in [0.15, 0.2) is 10.9 Å². The van der Waals surface area contributed by atoms with Gasteiger partial charge in [-0.15, -0.1) is 0 Å². The molecule has 1 rings (SSSR count). The molecule has 0 bridgehead atoms. The highest BCUT2D eigenvalue weighted by atomic mass is 35.5. The maximum absolute atomic E-state index is 11.6. The quantitative estimate of drug-likeness (QED) is 0.741. The second kappa shape index (κ2) is 4.57. The third kappa shape index (κ3) is 2.45. The molecule has 1 aromatic rings. The summed E-state index contributed by atoms with van der Waals surface area (Å²) in [4.78, 5) is 22.6. The summed E-state index contributed by atoms with van der Waals surface area (Å²) in [6, 6.07) is 1.47. The van der Waals surface area contributed by atoms with Crippen molar-refractivity contribution in [3.8, 4) is 0 Å². The van der Waals surface area contributed by atoms with Crippen LogP contribution in [0.2, 0.25) is 0 Å². The fourth-order valence-electron chi connectivity index (χ4n) is 1.20. The van der Waals surface area contributed by atoms with Gasteiger partial charge in [-0.25, -0.2) is 4.68 Å². The van der Waals surface area contributed by atoms with Crippen molar-refractivity contribution in [3.05, 3.63) is 27.7 Å². The number of hydrogen-bond donors (Lipinski definition) is 0. The molecule has 0 atom stereocenters. The first-order valence-corrected chi connectivity index (χ1v) is 5.17. The van der Waals surface area contributed by atoms with E-state index in [1.807, 2.05) is 13.8 Å². The molecule has 0 aliphatic heterocycles. The second-order valence-corrected chi connectivity index (χ2v) is 3.88. The van der Waals surface area contributed by atoms with Gasteiger partial charge in [0.15, 0.2) is 0 Å². The lowest BCUT2D eigenvalue weighted by atomic mass is 10.1. The summed E-state index contributed by atoms with van der Waals surface area (Å²) in [6.45, 7) is 6.10. The van der Waals surface area contributed by atoms with Crippen molar-refractivity contribution in [2.24, 2.45) is 0 Å². The monoisotopic (exact) mass is 228 g/mol. The average Bonchev–Trinajstić information content (AvgIpc) is 2.17. The topological polar surface area (TPSA) is 52.0 Å². The summed E-state index contributed by atoms with van der Waals surface area (Å²) in [6.07, 6.45) is 0. The number of hydrogen-bond acceptors (Lipinski definition) is 3. The lowest BCUT2D eigenvalue weighted by molar-refractivity contribution is 0.107. The number of rotatable bonds is 3. The molecule has 0 N–H and O–H groups in total. The van der Waals surface area contributed by atoms with E-state index in [1.54, 1.807) is 6.92 Å². The van der Waals surface area contributed by atoms with Gasteiger partial charge in [-0.3, -0.25) is 9.59 Å². The molecule has 1 aromatic heterocycles. The SMILES string of the molecule is CCn1nc(C(C)C)cc(C(=O)Cl)c1=O. The minimum absolute atomic E-state index is 0.00258. The van der Waals surface area contributed by atoms with Gasteiger partial charge in [0, 0.05) is 6.54 Å². The molecule has 0 saturated carbocycles. The van der Waals surface area contributed by atoms with Crippen LogP contribution in [0.5, 0.6) is 0 Å². The van der Waals surface area contributed by atoms with Crippen molar-refractivity contribution < 1.29 is 4.79 Å². The van der Waals surface area contributed by atoms with Crippen LogP contribution in [-0.4, -0.2) is 15.0 Å². The molecule has 1 heterocycles. The molecular weight excluding hydrogens is 216 g/mol. The first kappa shape index (κ1) is 11.9. The molecule has 0 amide bonds. The summed E-state index contributed by atoms with van der Waals surface area (Å²) < 4.78 is 1.25. The van der Waals surface area contributed by atoms with Crippen LogP contribution >= 0.6 is 11.6 Å². The Hall–Kier alpha value is -1.16. The first-order valence-electron chi connectivity index (χ1n) is 4.79. The molecule has 82 valence electrons. The second-order valence-electron chi connectivity index (χ2n) is 3.53. The Kier molecular flexibility index (Phi) is 3.63. The van der Waals surface area contributed by atoms with Gasteiger partial charge in [-0.1, -0.05) is 13.8 Å². The maximum Gasteiger partial charge on any atom is 0.278 e. The van der Waals surface area contributed by atoms with Crippen LogP contribution in [0.1, 0.15) is 42.7 Å². The normalized spacial score (nSPS) is 10.7. The van der Waals surface area contributed by atoms with E-state index in [0.717, 1.165) is 0 Å². The van der Waals surface area contributed by atoms with Crippen molar-refractivity contribution in [2.75, 3.05) is 0 Å². The highest BCUT2D eigenvalue weighted by Gasteiger charge is 2.14. The molecule has 0 aliphatic carbocycles. The Morgan fingerprint density at radius 1 is 1.60 bits per heavy atom. The van der Waals surface area contributed by atoms with Crippen molar-refractivity contribution in [1.29, 1.82) is 0 Å². The van der Waals surface area contributed by atoms with Crippen molar-refractivity contribution in [3.63, 3.8) is 0 Å². The van der Waals surface area contributed by atoms with Gasteiger partial charge in [-0.2, -0.15) is 5.10 Å². The zero-order valence-electron chi connectivity index (χ0n) is 8.95. The Labute approximate surface area is 92.9 Å². The van der Waals surface area contributed by atoms with E-state index in [9.17, 15) is 9.59 Å². The van der Waals surface area contributed by atoms with Crippen LogP contribution in [0, 0.1) is 0 Å². The molecular formula is C10H13ClN2O2. The number of nitrogens with zero attached hydrogens (tertiary/aromatic N) is 2. The predicted octanol–water partition coefficient (Wildman–Crippen LogP) is 1.77. The minimum Gasteiger partial charge on any atom is -0.275 e. The van der Waals surface area contributed by atoms with E-state index in [2.05, 4.69) is 5.10 Å². The Balaban J connectivity index is 3.45. The van der Waals surface area contributed by atoms with Gasteiger partial charge in [0.1, 0.15) is 5.56 Å². The van der Waals surface area contributed by atoms with E-state index >= 15 is 0 Å². The van der Waals surface area contributed by atoms with E-state index in [-0.39, 0.29) is 11.5 Å². The van der Waals surface area contributed by atoms with Gasteiger partial charge in [-0.05, 0) is 30.5 Å². The third-order valence-corrected chi connectivity index (χ3v) is 2.30.